The van der Waals surface area contributed by atoms with Crippen LogP contribution in [0.15, 0.2) is 41.0 Å². The molecule has 0 saturated heterocycles. The summed E-state index contributed by atoms with van der Waals surface area (Å²) < 4.78 is 5.20. The molecule has 1 aromatic carbocycles. The number of benzene rings is 1. The normalized spacial score (nSPS) is 11.9. The first-order valence-electron chi connectivity index (χ1n) is 6.09. The number of amides is 1. The molecule has 0 bridgehead atoms. The summed E-state index contributed by atoms with van der Waals surface area (Å²) in [7, 11) is 0. The Morgan fingerprint density at radius 3 is 2.70 bits per heavy atom. The first-order valence-corrected chi connectivity index (χ1v) is 6.09. The Kier molecular flexibility index (Phi) is 3.84. The third-order valence-corrected chi connectivity index (χ3v) is 3.06. The van der Waals surface area contributed by atoms with Gasteiger partial charge in [0.25, 0.3) is 11.6 Å². The molecule has 0 fully saturated rings. The van der Waals surface area contributed by atoms with Crippen molar-refractivity contribution in [3.8, 4) is 0 Å². The Labute approximate surface area is 115 Å². The van der Waals surface area contributed by atoms with Crippen LogP contribution in [0, 0.1) is 17.0 Å². The summed E-state index contributed by atoms with van der Waals surface area (Å²) in [6.07, 6.45) is 1.52. The first kappa shape index (κ1) is 13.8. The van der Waals surface area contributed by atoms with Gasteiger partial charge in [-0.05, 0) is 32.0 Å². The van der Waals surface area contributed by atoms with Gasteiger partial charge in [-0.25, -0.2) is 0 Å². The van der Waals surface area contributed by atoms with E-state index in [0.29, 0.717) is 11.3 Å². The standard InChI is InChI=1S/C14H14N2O4/c1-9-11(5-3-6-12(9)16(18)19)14(17)15-10(2)13-7-4-8-20-13/h3-8,10H,1-2H3,(H,15,17). The lowest BCUT2D eigenvalue weighted by molar-refractivity contribution is -0.385. The highest BCUT2D eigenvalue weighted by atomic mass is 16.6. The number of furan rings is 1. The van der Waals surface area contributed by atoms with Crippen LogP contribution in [0.2, 0.25) is 0 Å². The second-order valence-corrected chi connectivity index (χ2v) is 4.42. The molecule has 0 saturated carbocycles. The Morgan fingerprint density at radius 1 is 1.35 bits per heavy atom. The summed E-state index contributed by atoms with van der Waals surface area (Å²) in [6.45, 7) is 3.34. The number of nitrogens with one attached hydrogen (secondary N) is 1. The zero-order chi connectivity index (χ0) is 14.7. The van der Waals surface area contributed by atoms with Crippen LogP contribution in [-0.2, 0) is 0 Å². The molecule has 20 heavy (non-hydrogen) atoms. The van der Waals surface area contributed by atoms with Crippen LogP contribution in [0.5, 0.6) is 0 Å². The Bertz CT molecular complexity index is 635. The highest BCUT2D eigenvalue weighted by molar-refractivity contribution is 5.96. The summed E-state index contributed by atoms with van der Waals surface area (Å²) in [6, 6.07) is 7.62. The number of hydrogen-bond acceptors (Lipinski definition) is 4. The predicted octanol–water partition coefficient (Wildman–Crippen LogP) is 2.99. The van der Waals surface area contributed by atoms with E-state index in [4.69, 9.17) is 4.42 Å². The lowest BCUT2D eigenvalue weighted by atomic mass is 10.1. The molecule has 0 aliphatic rings. The molecule has 1 unspecified atom stereocenters. The molecule has 0 radical (unpaired) electrons. The number of nitro groups is 1. The van der Waals surface area contributed by atoms with E-state index in [9.17, 15) is 14.9 Å². The van der Waals surface area contributed by atoms with Crippen LogP contribution >= 0.6 is 0 Å². The minimum absolute atomic E-state index is 0.0664. The molecular formula is C14H14N2O4. The average Bonchev–Trinajstić information content (AvgIpc) is 2.92. The van der Waals surface area contributed by atoms with Crippen LogP contribution in [0.3, 0.4) is 0 Å². The molecule has 1 atom stereocenters. The van der Waals surface area contributed by atoms with Crippen molar-refractivity contribution in [2.24, 2.45) is 0 Å². The first-order chi connectivity index (χ1) is 9.50. The van der Waals surface area contributed by atoms with Crippen LogP contribution in [-0.4, -0.2) is 10.8 Å². The summed E-state index contributed by atoms with van der Waals surface area (Å²) in [5, 5.41) is 13.6. The summed E-state index contributed by atoms with van der Waals surface area (Å²) in [4.78, 5) is 22.5. The van der Waals surface area contributed by atoms with Gasteiger partial charge >= 0.3 is 0 Å². The number of rotatable bonds is 4. The maximum Gasteiger partial charge on any atom is 0.273 e. The second kappa shape index (κ2) is 5.56. The van der Waals surface area contributed by atoms with E-state index in [1.807, 2.05) is 0 Å². The van der Waals surface area contributed by atoms with Crippen molar-refractivity contribution < 1.29 is 14.1 Å². The number of nitro benzene ring substituents is 1. The van der Waals surface area contributed by atoms with E-state index >= 15 is 0 Å². The van der Waals surface area contributed by atoms with Crippen LogP contribution in [0.1, 0.15) is 34.6 Å². The zero-order valence-electron chi connectivity index (χ0n) is 11.1. The van der Waals surface area contributed by atoms with Crippen molar-refractivity contribution >= 4 is 11.6 Å². The molecule has 2 aromatic rings. The average molecular weight is 274 g/mol. The minimum Gasteiger partial charge on any atom is -0.467 e. The van der Waals surface area contributed by atoms with Crippen molar-refractivity contribution in [3.63, 3.8) is 0 Å². The highest BCUT2D eigenvalue weighted by Crippen LogP contribution is 2.22. The third-order valence-electron chi connectivity index (χ3n) is 3.06. The minimum atomic E-state index is -0.498. The van der Waals surface area contributed by atoms with Gasteiger partial charge < -0.3 is 9.73 Å². The van der Waals surface area contributed by atoms with Crippen molar-refractivity contribution in [2.75, 3.05) is 0 Å². The van der Waals surface area contributed by atoms with E-state index in [1.165, 1.54) is 18.4 Å². The molecule has 0 spiro atoms. The van der Waals surface area contributed by atoms with Gasteiger partial charge in [-0.15, -0.1) is 0 Å². The Balaban J connectivity index is 2.22. The van der Waals surface area contributed by atoms with Crippen LogP contribution < -0.4 is 5.32 Å². The molecule has 1 heterocycles. The van der Waals surface area contributed by atoms with Crippen molar-refractivity contribution in [1.82, 2.24) is 5.32 Å². The SMILES string of the molecule is Cc1c(C(=O)NC(C)c2ccco2)cccc1[N+](=O)[O-]. The molecule has 0 aliphatic heterocycles. The van der Waals surface area contributed by atoms with Crippen molar-refractivity contribution in [2.45, 2.75) is 19.9 Å². The largest absolute Gasteiger partial charge is 0.467 e. The van der Waals surface area contributed by atoms with Gasteiger partial charge in [0.05, 0.1) is 17.2 Å². The van der Waals surface area contributed by atoms with Gasteiger partial charge in [0.15, 0.2) is 0 Å². The topological polar surface area (TPSA) is 85.4 Å². The fourth-order valence-corrected chi connectivity index (χ4v) is 1.95. The van der Waals surface area contributed by atoms with E-state index in [2.05, 4.69) is 5.32 Å². The fourth-order valence-electron chi connectivity index (χ4n) is 1.95. The second-order valence-electron chi connectivity index (χ2n) is 4.42. The van der Waals surface area contributed by atoms with E-state index in [-0.39, 0.29) is 23.2 Å². The lowest BCUT2D eigenvalue weighted by Gasteiger charge is -2.12. The maximum absolute atomic E-state index is 12.2. The van der Waals surface area contributed by atoms with Gasteiger partial charge in [0.2, 0.25) is 0 Å². The fraction of sp³-hybridized carbons (Fsp3) is 0.214. The number of carbonyl (C=O) groups is 1. The molecule has 104 valence electrons. The van der Waals surface area contributed by atoms with Gasteiger partial charge in [0, 0.05) is 17.2 Å². The van der Waals surface area contributed by atoms with Crippen molar-refractivity contribution in [1.29, 1.82) is 0 Å². The highest BCUT2D eigenvalue weighted by Gasteiger charge is 2.20. The van der Waals surface area contributed by atoms with E-state index in [0.717, 1.165) is 0 Å². The quantitative estimate of drug-likeness (QED) is 0.686. The molecule has 2 rings (SSSR count). The maximum atomic E-state index is 12.2. The predicted molar refractivity (Wildman–Crippen MR) is 72.4 cm³/mol. The molecule has 0 aliphatic carbocycles. The summed E-state index contributed by atoms with van der Waals surface area (Å²) in [5.74, 6) is 0.261. The van der Waals surface area contributed by atoms with Crippen LogP contribution in [0.4, 0.5) is 5.69 Å². The zero-order valence-corrected chi connectivity index (χ0v) is 11.1. The van der Waals surface area contributed by atoms with E-state index in [1.54, 1.807) is 32.0 Å². The molecule has 6 heteroatoms. The molecule has 6 nitrogen and oxygen atoms in total. The number of nitrogens with zero attached hydrogens (tertiary/aromatic N) is 1. The van der Waals surface area contributed by atoms with Gasteiger partial charge in [0.1, 0.15) is 5.76 Å². The third kappa shape index (κ3) is 2.69. The Hall–Kier alpha value is -2.63. The van der Waals surface area contributed by atoms with Gasteiger partial charge in [-0.3, -0.25) is 14.9 Å². The molecule has 1 aromatic heterocycles. The Morgan fingerprint density at radius 2 is 2.10 bits per heavy atom. The van der Waals surface area contributed by atoms with Gasteiger partial charge in [-0.2, -0.15) is 0 Å². The van der Waals surface area contributed by atoms with Crippen LogP contribution in [0.25, 0.3) is 0 Å². The lowest BCUT2D eigenvalue weighted by Crippen LogP contribution is -2.27. The monoisotopic (exact) mass is 274 g/mol. The van der Waals surface area contributed by atoms with E-state index < -0.39 is 4.92 Å². The smallest absolute Gasteiger partial charge is 0.273 e. The molecular weight excluding hydrogens is 260 g/mol. The summed E-state index contributed by atoms with van der Waals surface area (Å²) in [5.41, 5.74) is 0.572. The summed E-state index contributed by atoms with van der Waals surface area (Å²) >= 11 is 0. The molecule has 1 N–H and O–H groups in total. The number of carbonyl (C=O) groups excluding carboxylic acids is 1. The van der Waals surface area contributed by atoms with Gasteiger partial charge in [-0.1, -0.05) is 6.07 Å². The number of hydrogen-bond donors (Lipinski definition) is 1. The van der Waals surface area contributed by atoms with Crippen molar-refractivity contribution in [3.05, 3.63) is 63.6 Å². The molecule has 1 amide bonds.